The number of nitrogens with zero attached hydrogens (tertiary/aromatic N) is 6. The molecule has 16 heteroatoms. The maximum Gasteiger partial charge on any atom is 0.318 e. The number of aromatic nitrogens is 3. The number of H-pyrrole nitrogens is 1. The second-order valence-electron chi connectivity index (χ2n) is 18.6. The number of nitrogens with one attached hydrogen (secondary N) is 3. The molecular weight excluding hydrogens is 863 g/mol. The fourth-order valence-electron chi connectivity index (χ4n) is 10.7. The van der Waals surface area contributed by atoms with E-state index >= 15 is 0 Å². The van der Waals surface area contributed by atoms with Crippen molar-refractivity contribution in [3.05, 3.63) is 131 Å². The lowest BCUT2D eigenvalue weighted by molar-refractivity contribution is -0.135. The first kappa shape index (κ1) is 45.3. The molecule has 4 saturated heterocycles. The van der Waals surface area contributed by atoms with E-state index in [2.05, 4.69) is 39.9 Å². The maximum atomic E-state index is 14.3. The summed E-state index contributed by atoms with van der Waals surface area (Å²) in [6.07, 6.45) is 10.9. The second kappa shape index (κ2) is 20.8. The van der Waals surface area contributed by atoms with Crippen molar-refractivity contribution in [2.45, 2.75) is 87.4 Å². The lowest BCUT2D eigenvalue weighted by atomic mass is 9.78. The molecule has 356 valence electrons. The number of rotatable bonds is 11. The molecule has 5 fully saturated rings. The maximum absolute atomic E-state index is 14.3. The number of imidazole rings is 1. The minimum absolute atomic E-state index is 0.145. The van der Waals surface area contributed by atoms with Gasteiger partial charge in [0, 0.05) is 45.2 Å². The van der Waals surface area contributed by atoms with Gasteiger partial charge in [-0.3, -0.25) is 9.59 Å². The Balaban J connectivity index is 0.751. The summed E-state index contributed by atoms with van der Waals surface area (Å²) in [6.45, 7) is 5.01. The zero-order valence-electron chi connectivity index (χ0n) is 38.5. The van der Waals surface area contributed by atoms with Gasteiger partial charge in [-0.25, -0.2) is 19.6 Å². The van der Waals surface area contributed by atoms with Gasteiger partial charge in [0.15, 0.2) is 0 Å². The molecule has 2 aromatic heterocycles. The van der Waals surface area contributed by atoms with Crippen LogP contribution in [0.5, 0.6) is 0 Å². The molecule has 6 heterocycles. The Morgan fingerprint density at radius 1 is 0.574 bits per heavy atom. The molecule has 6 amide bonds. The van der Waals surface area contributed by atoms with Gasteiger partial charge in [0.25, 0.3) is 5.91 Å². The average molecular weight is 924 g/mol. The van der Waals surface area contributed by atoms with Crippen LogP contribution in [0.15, 0.2) is 102 Å². The number of urea groups is 2. The first-order valence-corrected chi connectivity index (χ1v) is 24.5. The van der Waals surface area contributed by atoms with Crippen molar-refractivity contribution < 1.29 is 33.1 Å². The number of ether oxygens (including phenoxy) is 2. The largest absolute Gasteiger partial charge is 0.443 e. The third-order valence-corrected chi connectivity index (χ3v) is 14.5. The molecule has 5 aliphatic rings. The highest BCUT2D eigenvalue weighted by Gasteiger charge is 2.40. The van der Waals surface area contributed by atoms with Crippen LogP contribution in [0, 0.1) is 0 Å². The van der Waals surface area contributed by atoms with Gasteiger partial charge in [0.05, 0.1) is 50.6 Å². The van der Waals surface area contributed by atoms with E-state index in [-0.39, 0.29) is 41.9 Å². The molecule has 0 bridgehead atoms. The van der Waals surface area contributed by atoms with Crippen LogP contribution in [0.3, 0.4) is 0 Å². The fourth-order valence-corrected chi connectivity index (χ4v) is 10.7. The summed E-state index contributed by atoms with van der Waals surface area (Å²) in [4.78, 5) is 75.5. The third-order valence-electron chi connectivity index (χ3n) is 14.5. The van der Waals surface area contributed by atoms with Crippen molar-refractivity contribution in [3.63, 3.8) is 0 Å². The van der Waals surface area contributed by atoms with Gasteiger partial charge in [0.1, 0.15) is 29.7 Å². The summed E-state index contributed by atoms with van der Waals surface area (Å²) in [5.74, 6) is 2.54. The predicted octanol–water partition coefficient (Wildman–Crippen LogP) is 7.40. The molecule has 3 N–H and O–H groups in total. The monoisotopic (exact) mass is 923 g/mol. The Morgan fingerprint density at radius 2 is 1.09 bits per heavy atom. The first-order valence-electron chi connectivity index (χ1n) is 24.5. The van der Waals surface area contributed by atoms with Gasteiger partial charge < -0.3 is 49.1 Å². The number of amides is 6. The quantitative estimate of drug-likeness (QED) is 0.122. The van der Waals surface area contributed by atoms with Gasteiger partial charge in [-0.2, -0.15) is 0 Å². The number of aromatic amines is 1. The van der Waals surface area contributed by atoms with Crippen molar-refractivity contribution in [3.8, 4) is 11.3 Å². The van der Waals surface area contributed by atoms with E-state index in [9.17, 15) is 19.2 Å². The Kier molecular flexibility index (Phi) is 13.8. The Labute approximate surface area is 396 Å². The van der Waals surface area contributed by atoms with E-state index in [1.807, 2.05) is 82.9 Å². The SMILES string of the molecule is O=C(N[C@@H](C(=O)N1CCC[C@H]1c1ncc(-c2ccc(C3CCC(c4cnc([C@@H]5CCCN5C(=O)[C@H](NC(=O)N5CCOCC5)c5ccccc5)o4)CC3)cc2)[nH]1)c1ccccc1)N1CCOCC1. The minimum atomic E-state index is -0.828. The molecule has 4 aliphatic heterocycles. The third kappa shape index (κ3) is 9.88. The molecule has 16 nitrogen and oxygen atoms in total. The second-order valence-corrected chi connectivity index (χ2v) is 18.6. The van der Waals surface area contributed by atoms with Crippen LogP contribution < -0.4 is 10.6 Å². The number of morpholine rings is 2. The number of benzene rings is 3. The van der Waals surface area contributed by atoms with Crippen LogP contribution in [0.1, 0.15) is 122 Å². The smallest absolute Gasteiger partial charge is 0.318 e. The number of likely N-dealkylation sites (tertiary alicyclic amines) is 2. The van der Waals surface area contributed by atoms with E-state index in [4.69, 9.17) is 23.9 Å². The normalized spacial score (nSPS) is 23.0. The van der Waals surface area contributed by atoms with E-state index in [0.29, 0.717) is 77.5 Å². The van der Waals surface area contributed by atoms with Crippen LogP contribution in [0.25, 0.3) is 11.3 Å². The molecule has 0 radical (unpaired) electrons. The van der Waals surface area contributed by atoms with Crippen molar-refractivity contribution in [1.29, 1.82) is 0 Å². The summed E-state index contributed by atoms with van der Waals surface area (Å²) >= 11 is 0. The molecule has 68 heavy (non-hydrogen) atoms. The molecule has 5 aromatic rings. The van der Waals surface area contributed by atoms with Gasteiger partial charge in [-0.05, 0) is 79.5 Å². The topological polar surface area (TPSA) is 178 Å². The van der Waals surface area contributed by atoms with Crippen LogP contribution in [-0.2, 0) is 19.1 Å². The van der Waals surface area contributed by atoms with E-state index < -0.39 is 12.1 Å². The number of carbonyl (C=O) groups excluding carboxylic acids is 4. The highest BCUT2D eigenvalue weighted by Crippen LogP contribution is 2.43. The first-order chi connectivity index (χ1) is 33.4. The minimum Gasteiger partial charge on any atom is -0.443 e. The van der Waals surface area contributed by atoms with Gasteiger partial charge in [-0.15, -0.1) is 0 Å². The van der Waals surface area contributed by atoms with Crippen molar-refractivity contribution >= 4 is 23.9 Å². The molecular formula is C52H61N9O7. The van der Waals surface area contributed by atoms with Gasteiger partial charge in [0.2, 0.25) is 11.8 Å². The zero-order valence-corrected chi connectivity index (χ0v) is 38.5. The number of carbonyl (C=O) groups is 4. The summed E-state index contributed by atoms with van der Waals surface area (Å²) < 4.78 is 17.4. The Hall–Kier alpha value is -6.52. The van der Waals surface area contributed by atoms with Crippen LogP contribution in [-0.4, -0.2) is 124 Å². The number of oxazole rings is 1. The molecule has 4 atom stereocenters. The molecule has 10 rings (SSSR count). The lowest BCUT2D eigenvalue weighted by Gasteiger charge is -2.32. The molecule has 3 aromatic carbocycles. The van der Waals surface area contributed by atoms with Gasteiger partial charge in [-0.1, -0.05) is 84.9 Å². The number of hydrogen-bond donors (Lipinski definition) is 3. The zero-order chi connectivity index (χ0) is 46.4. The Bertz CT molecular complexity index is 2500. The van der Waals surface area contributed by atoms with Crippen molar-refractivity contribution in [2.24, 2.45) is 0 Å². The van der Waals surface area contributed by atoms with Crippen molar-refractivity contribution in [1.82, 2.24) is 45.2 Å². The van der Waals surface area contributed by atoms with E-state index in [0.717, 1.165) is 85.3 Å². The standard InChI is InChI=1S/C52H61N9O7/c62-49(45(39-9-3-1-4-10-39)56-51(64)58-25-29-66-30-26-58)60-23-7-13-42(60)47-53-33-41(55-47)37-19-15-35(16-20-37)36-17-21-38(22-18-36)44-34-54-48(68-44)43-14-8-24-61(43)50(63)46(40-11-5-2-6-12-40)57-52(65)59-27-31-67-32-28-59/h1-6,9-12,15-16,19-20,33-34,36,38,42-43,45-46H,7-8,13-14,17-18,21-32H2,(H,53,55)(H,56,64)(H,57,65)/t36?,38?,42-,43-,45+,46+/m0/s1. The summed E-state index contributed by atoms with van der Waals surface area (Å²) in [7, 11) is 0. The molecule has 0 unspecified atom stereocenters. The molecule has 0 spiro atoms. The summed E-state index contributed by atoms with van der Waals surface area (Å²) in [5.41, 5.74) is 4.71. The highest BCUT2D eigenvalue weighted by molar-refractivity contribution is 5.89. The molecule has 1 aliphatic carbocycles. The van der Waals surface area contributed by atoms with Gasteiger partial charge >= 0.3 is 12.1 Å². The highest BCUT2D eigenvalue weighted by atomic mass is 16.5. The average Bonchev–Trinajstić information content (AvgIpc) is 4.26. The van der Waals surface area contributed by atoms with E-state index in [1.165, 1.54) is 5.56 Å². The Morgan fingerprint density at radius 3 is 1.65 bits per heavy atom. The van der Waals surface area contributed by atoms with Crippen LogP contribution in [0.2, 0.25) is 0 Å². The predicted molar refractivity (Wildman–Crippen MR) is 252 cm³/mol. The van der Waals surface area contributed by atoms with Crippen LogP contribution in [0.4, 0.5) is 9.59 Å². The fraction of sp³-hybridized carbons (Fsp3) is 0.462. The lowest BCUT2D eigenvalue weighted by Crippen LogP contribution is -2.50. The molecule has 1 saturated carbocycles. The van der Waals surface area contributed by atoms with Crippen molar-refractivity contribution in [2.75, 3.05) is 65.7 Å². The number of hydrogen-bond acceptors (Lipinski definition) is 9. The van der Waals surface area contributed by atoms with E-state index in [1.54, 1.807) is 9.80 Å². The summed E-state index contributed by atoms with van der Waals surface area (Å²) in [6, 6.07) is 24.9. The summed E-state index contributed by atoms with van der Waals surface area (Å²) in [5, 5.41) is 6.07. The van der Waals surface area contributed by atoms with Crippen LogP contribution >= 0.6 is 0 Å².